The van der Waals surface area contributed by atoms with Crippen LogP contribution in [0.5, 0.6) is 0 Å². The molecule has 0 unspecified atom stereocenters. The third kappa shape index (κ3) is 4.34. The Labute approximate surface area is 109 Å². The summed E-state index contributed by atoms with van der Waals surface area (Å²) in [5, 5.41) is 8.68. The number of nitrogens with zero attached hydrogens (tertiary/aromatic N) is 1. The summed E-state index contributed by atoms with van der Waals surface area (Å²) >= 11 is 3.20. The maximum absolute atomic E-state index is 11.6. The van der Waals surface area contributed by atoms with E-state index in [4.69, 9.17) is 5.26 Å². The van der Waals surface area contributed by atoms with Crippen molar-refractivity contribution in [2.24, 2.45) is 0 Å². The highest BCUT2D eigenvalue weighted by Crippen LogP contribution is 2.23. The number of hydrogen-bond acceptors (Lipinski definition) is 3. The Morgan fingerprint density at radius 1 is 1.47 bits per heavy atom. The van der Waals surface area contributed by atoms with Crippen LogP contribution in [0.25, 0.3) is 0 Å². The molecule has 0 aromatic heterocycles. The van der Waals surface area contributed by atoms with Crippen molar-refractivity contribution in [1.29, 1.82) is 5.26 Å². The van der Waals surface area contributed by atoms with E-state index in [9.17, 15) is 8.42 Å². The molecule has 2 N–H and O–H groups in total. The fourth-order valence-corrected chi connectivity index (χ4v) is 2.71. The Bertz CT molecular complexity index is 537. The minimum absolute atomic E-state index is 0.378. The summed E-state index contributed by atoms with van der Waals surface area (Å²) in [7, 11) is -3.55. The Kier molecular flexibility index (Phi) is 4.93. The lowest BCUT2D eigenvalue weighted by Gasteiger charge is -2.10. The molecule has 0 amide bonds. The number of hydrogen-bond donors (Lipinski definition) is 2. The lowest BCUT2D eigenvalue weighted by molar-refractivity contribution is 0.586. The van der Waals surface area contributed by atoms with Gasteiger partial charge >= 0.3 is 0 Å². The van der Waals surface area contributed by atoms with Crippen LogP contribution in [0, 0.1) is 11.3 Å². The number of rotatable bonds is 5. The Hall–Kier alpha value is -1.10. The van der Waals surface area contributed by atoms with Crippen molar-refractivity contribution in [2.75, 3.05) is 11.3 Å². The molecular weight excluding hydrogens is 306 g/mol. The van der Waals surface area contributed by atoms with Gasteiger partial charge in [-0.1, -0.05) is 6.92 Å². The zero-order valence-corrected chi connectivity index (χ0v) is 11.6. The smallest absolute Gasteiger partial charge is 0.270 e. The molecule has 7 heteroatoms. The summed E-state index contributed by atoms with van der Waals surface area (Å²) in [4.78, 5) is 0. The monoisotopic (exact) mass is 317 g/mol. The van der Waals surface area contributed by atoms with Crippen molar-refractivity contribution in [3.8, 4) is 6.07 Å². The summed E-state index contributed by atoms with van der Waals surface area (Å²) in [6.07, 6.45) is 0.718. The molecule has 5 nitrogen and oxygen atoms in total. The normalized spacial score (nSPS) is 10.9. The average Bonchev–Trinajstić information content (AvgIpc) is 2.29. The van der Waals surface area contributed by atoms with Crippen LogP contribution in [-0.2, 0) is 10.2 Å². The number of anilines is 1. The first-order valence-corrected chi connectivity index (χ1v) is 7.23. The van der Waals surface area contributed by atoms with Gasteiger partial charge in [-0.2, -0.15) is 18.4 Å². The van der Waals surface area contributed by atoms with Gasteiger partial charge in [-0.05, 0) is 40.5 Å². The fraction of sp³-hybridized carbons (Fsp3) is 0.300. The topological polar surface area (TPSA) is 82.0 Å². The van der Waals surface area contributed by atoms with E-state index < -0.39 is 10.2 Å². The molecule has 0 atom stereocenters. The lowest BCUT2D eigenvalue weighted by Crippen LogP contribution is -2.30. The molecule has 17 heavy (non-hydrogen) atoms. The van der Waals surface area contributed by atoms with Gasteiger partial charge in [-0.25, -0.2) is 0 Å². The molecule has 1 aromatic carbocycles. The maximum Gasteiger partial charge on any atom is 0.299 e. The molecule has 0 saturated heterocycles. The summed E-state index contributed by atoms with van der Waals surface area (Å²) in [6, 6.07) is 6.60. The molecule has 0 aliphatic rings. The van der Waals surface area contributed by atoms with E-state index in [1.54, 1.807) is 12.1 Å². The first kappa shape index (κ1) is 14.0. The number of nitrogens with one attached hydrogen (secondary N) is 2. The average molecular weight is 318 g/mol. The third-order valence-electron chi connectivity index (χ3n) is 1.88. The molecule has 92 valence electrons. The fourth-order valence-electron chi connectivity index (χ4n) is 1.08. The van der Waals surface area contributed by atoms with Crippen LogP contribution in [0.2, 0.25) is 0 Å². The number of benzene rings is 1. The molecule has 1 aromatic rings. The predicted octanol–water partition coefficient (Wildman–Crippen LogP) is 1.98. The van der Waals surface area contributed by atoms with Gasteiger partial charge in [0, 0.05) is 11.0 Å². The van der Waals surface area contributed by atoms with E-state index in [-0.39, 0.29) is 0 Å². The van der Waals surface area contributed by atoms with Crippen molar-refractivity contribution in [3.63, 3.8) is 0 Å². The Morgan fingerprint density at radius 3 is 2.71 bits per heavy atom. The lowest BCUT2D eigenvalue weighted by atomic mass is 10.2. The van der Waals surface area contributed by atoms with Gasteiger partial charge in [0.1, 0.15) is 0 Å². The quantitative estimate of drug-likeness (QED) is 0.871. The van der Waals surface area contributed by atoms with Crippen LogP contribution in [0.3, 0.4) is 0 Å². The van der Waals surface area contributed by atoms with Crippen LogP contribution in [0.1, 0.15) is 18.9 Å². The van der Waals surface area contributed by atoms with Crippen molar-refractivity contribution >= 4 is 31.8 Å². The maximum atomic E-state index is 11.6. The molecule has 0 spiro atoms. The second kappa shape index (κ2) is 6.00. The Balaban J connectivity index is 2.86. The van der Waals surface area contributed by atoms with Crippen molar-refractivity contribution < 1.29 is 8.42 Å². The summed E-state index contributed by atoms with van der Waals surface area (Å²) in [6.45, 7) is 2.25. The van der Waals surface area contributed by atoms with Gasteiger partial charge in [-0.15, -0.1) is 0 Å². The van der Waals surface area contributed by atoms with Gasteiger partial charge in [0.2, 0.25) is 0 Å². The van der Waals surface area contributed by atoms with Crippen molar-refractivity contribution in [1.82, 2.24) is 4.72 Å². The zero-order valence-electron chi connectivity index (χ0n) is 9.20. The van der Waals surface area contributed by atoms with Gasteiger partial charge in [0.15, 0.2) is 0 Å². The highest BCUT2D eigenvalue weighted by Gasteiger charge is 2.10. The predicted molar refractivity (Wildman–Crippen MR) is 69.7 cm³/mol. The van der Waals surface area contributed by atoms with Crippen LogP contribution in [0.15, 0.2) is 22.7 Å². The second-order valence-electron chi connectivity index (χ2n) is 3.31. The Morgan fingerprint density at radius 2 is 2.18 bits per heavy atom. The van der Waals surface area contributed by atoms with Crippen molar-refractivity contribution in [3.05, 3.63) is 28.2 Å². The van der Waals surface area contributed by atoms with E-state index in [1.807, 2.05) is 13.0 Å². The van der Waals surface area contributed by atoms with Gasteiger partial charge in [-0.3, -0.25) is 4.72 Å². The van der Waals surface area contributed by atoms with Gasteiger partial charge in [0.05, 0.1) is 17.3 Å². The molecule has 1 rings (SSSR count). The second-order valence-corrected chi connectivity index (χ2v) is 5.66. The first-order chi connectivity index (χ1) is 7.98. The molecular formula is C10H12BrN3O2S. The largest absolute Gasteiger partial charge is 0.299 e. The zero-order chi connectivity index (χ0) is 12.9. The van der Waals surface area contributed by atoms with Crippen molar-refractivity contribution in [2.45, 2.75) is 13.3 Å². The summed E-state index contributed by atoms with van der Waals surface area (Å²) in [5.74, 6) is 0. The standard InChI is InChI=1S/C10H12BrN3O2S/c1-2-5-13-17(15,16)14-10-4-3-8(7-12)6-9(10)11/h3-4,6,13-14H,2,5H2,1H3. The highest BCUT2D eigenvalue weighted by atomic mass is 79.9. The minimum Gasteiger partial charge on any atom is -0.270 e. The van der Waals surface area contributed by atoms with E-state index >= 15 is 0 Å². The third-order valence-corrected chi connectivity index (χ3v) is 3.61. The highest BCUT2D eigenvalue weighted by molar-refractivity contribution is 9.10. The molecule has 0 saturated carbocycles. The summed E-state index contributed by atoms with van der Waals surface area (Å²) < 4.78 is 28.4. The van der Waals surface area contributed by atoms with E-state index in [0.717, 1.165) is 6.42 Å². The van der Waals surface area contributed by atoms with Crippen LogP contribution < -0.4 is 9.44 Å². The van der Waals surface area contributed by atoms with E-state index in [2.05, 4.69) is 25.4 Å². The number of nitriles is 1. The minimum atomic E-state index is -3.55. The number of halogens is 1. The summed E-state index contributed by atoms with van der Waals surface area (Å²) in [5.41, 5.74) is 0.856. The SMILES string of the molecule is CCCNS(=O)(=O)Nc1ccc(C#N)cc1Br. The molecule has 0 radical (unpaired) electrons. The van der Waals surface area contributed by atoms with Crippen LogP contribution in [-0.4, -0.2) is 15.0 Å². The van der Waals surface area contributed by atoms with Gasteiger partial charge < -0.3 is 0 Å². The van der Waals surface area contributed by atoms with Gasteiger partial charge in [0.25, 0.3) is 10.2 Å². The first-order valence-electron chi connectivity index (χ1n) is 4.95. The molecule has 0 heterocycles. The molecule has 0 bridgehead atoms. The molecule has 0 fully saturated rings. The molecule has 0 aliphatic heterocycles. The van der Waals surface area contributed by atoms with Crippen LogP contribution in [0.4, 0.5) is 5.69 Å². The van der Waals surface area contributed by atoms with E-state index in [1.165, 1.54) is 6.07 Å². The van der Waals surface area contributed by atoms with Crippen LogP contribution >= 0.6 is 15.9 Å². The molecule has 0 aliphatic carbocycles. The van der Waals surface area contributed by atoms with E-state index in [0.29, 0.717) is 22.3 Å².